The quantitative estimate of drug-likeness (QED) is 0.857. The number of ether oxygens (including phenoxy) is 1. The summed E-state index contributed by atoms with van der Waals surface area (Å²) in [6.45, 7) is 1.60. The number of nitrogens with zero attached hydrogens (tertiary/aromatic N) is 3. The Morgan fingerprint density at radius 2 is 2.44 bits per heavy atom. The van der Waals surface area contributed by atoms with Gasteiger partial charge in [-0.15, -0.1) is 0 Å². The number of fused-ring (bicyclic) bond motifs is 1. The summed E-state index contributed by atoms with van der Waals surface area (Å²) >= 11 is 0. The summed E-state index contributed by atoms with van der Waals surface area (Å²) in [5.74, 6) is 1.63. The maximum absolute atomic E-state index is 5.47. The molecule has 2 aromatic rings. The van der Waals surface area contributed by atoms with Crippen LogP contribution in [-0.4, -0.2) is 40.7 Å². The molecule has 1 unspecified atom stereocenters. The Kier molecular flexibility index (Phi) is 3.02. The van der Waals surface area contributed by atoms with Crippen LogP contribution in [0, 0.1) is 0 Å². The van der Waals surface area contributed by atoms with Gasteiger partial charge in [-0.2, -0.15) is 0 Å². The summed E-state index contributed by atoms with van der Waals surface area (Å²) in [6.07, 6.45) is 7.82. The molecule has 2 aromatic heterocycles. The Balaban J connectivity index is 1.91. The van der Waals surface area contributed by atoms with Gasteiger partial charge in [0.2, 0.25) is 0 Å². The van der Waals surface area contributed by atoms with Gasteiger partial charge in [0.1, 0.15) is 5.82 Å². The van der Waals surface area contributed by atoms with Crippen LogP contribution in [0.5, 0.6) is 0 Å². The first-order chi connectivity index (χ1) is 8.86. The van der Waals surface area contributed by atoms with Gasteiger partial charge in [-0.25, -0.2) is 9.97 Å². The minimum atomic E-state index is 0.318. The zero-order chi connectivity index (χ0) is 12.4. The van der Waals surface area contributed by atoms with E-state index in [0.717, 1.165) is 43.3 Å². The smallest absolute Gasteiger partial charge is 0.180 e. The Morgan fingerprint density at radius 1 is 1.50 bits per heavy atom. The van der Waals surface area contributed by atoms with Crippen molar-refractivity contribution in [1.29, 1.82) is 0 Å². The molecule has 6 nitrogen and oxygen atoms in total. The Bertz CT molecular complexity index is 532. The molecule has 1 saturated heterocycles. The number of anilines is 2. The molecule has 0 radical (unpaired) electrons. The van der Waals surface area contributed by atoms with E-state index in [1.165, 1.54) is 0 Å². The molecule has 18 heavy (non-hydrogen) atoms. The van der Waals surface area contributed by atoms with E-state index in [9.17, 15) is 0 Å². The standard InChI is InChI=1S/C12H17N5O/c1-13-10-7-17-5-4-14-12(17)11(16-10)15-9-3-2-6-18-8-9/h4-5,7,9,13H,2-3,6,8H2,1H3,(H,15,16). The van der Waals surface area contributed by atoms with E-state index in [1.54, 1.807) is 6.20 Å². The van der Waals surface area contributed by atoms with Crippen molar-refractivity contribution >= 4 is 17.3 Å². The lowest BCUT2D eigenvalue weighted by molar-refractivity contribution is 0.0875. The fourth-order valence-electron chi connectivity index (χ4n) is 2.20. The second-order valence-electron chi connectivity index (χ2n) is 4.44. The van der Waals surface area contributed by atoms with Crippen LogP contribution in [-0.2, 0) is 4.74 Å². The fraction of sp³-hybridized carbons (Fsp3) is 0.500. The Morgan fingerprint density at radius 3 is 3.22 bits per heavy atom. The summed E-state index contributed by atoms with van der Waals surface area (Å²) in [5, 5.41) is 6.48. The molecular formula is C12H17N5O. The highest BCUT2D eigenvalue weighted by Gasteiger charge is 2.16. The van der Waals surface area contributed by atoms with Gasteiger partial charge in [0, 0.05) is 26.0 Å². The molecule has 0 spiro atoms. The molecule has 0 amide bonds. The van der Waals surface area contributed by atoms with E-state index in [1.807, 2.05) is 23.8 Å². The van der Waals surface area contributed by atoms with Crippen LogP contribution in [0.3, 0.4) is 0 Å². The average Bonchev–Trinajstić information content (AvgIpc) is 2.88. The number of hydrogen-bond acceptors (Lipinski definition) is 5. The molecule has 1 fully saturated rings. The van der Waals surface area contributed by atoms with Crippen molar-refractivity contribution in [2.24, 2.45) is 0 Å². The molecule has 2 N–H and O–H groups in total. The molecule has 1 atom stereocenters. The lowest BCUT2D eigenvalue weighted by Crippen LogP contribution is -2.30. The van der Waals surface area contributed by atoms with Crippen LogP contribution in [0.1, 0.15) is 12.8 Å². The molecule has 3 rings (SSSR count). The first-order valence-electron chi connectivity index (χ1n) is 6.22. The molecule has 1 aliphatic heterocycles. The van der Waals surface area contributed by atoms with Gasteiger partial charge in [-0.05, 0) is 12.8 Å². The second-order valence-corrected chi connectivity index (χ2v) is 4.44. The normalized spacial score (nSPS) is 19.9. The lowest BCUT2D eigenvalue weighted by atomic mass is 10.1. The first kappa shape index (κ1) is 11.3. The summed E-state index contributed by atoms with van der Waals surface area (Å²) in [7, 11) is 1.86. The highest BCUT2D eigenvalue weighted by Crippen LogP contribution is 2.19. The minimum Gasteiger partial charge on any atom is -0.379 e. The molecule has 96 valence electrons. The third kappa shape index (κ3) is 2.11. The van der Waals surface area contributed by atoms with Gasteiger partial charge < -0.3 is 19.8 Å². The van der Waals surface area contributed by atoms with Crippen molar-refractivity contribution < 1.29 is 4.74 Å². The summed E-state index contributed by atoms with van der Waals surface area (Å²) < 4.78 is 7.43. The number of hydrogen-bond donors (Lipinski definition) is 2. The van der Waals surface area contributed by atoms with Gasteiger partial charge in [0.05, 0.1) is 18.8 Å². The van der Waals surface area contributed by atoms with Crippen LogP contribution in [0.25, 0.3) is 5.65 Å². The molecule has 0 aliphatic carbocycles. The number of imidazole rings is 1. The number of nitrogens with one attached hydrogen (secondary N) is 2. The predicted octanol–water partition coefficient (Wildman–Crippen LogP) is 1.36. The van der Waals surface area contributed by atoms with E-state index >= 15 is 0 Å². The second kappa shape index (κ2) is 4.81. The van der Waals surface area contributed by atoms with E-state index < -0.39 is 0 Å². The lowest BCUT2D eigenvalue weighted by Gasteiger charge is -2.23. The highest BCUT2D eigenvalue weighted by atomic mass is 16.5. The average molecular weight is 247 g/mol. The summed E-state index contributed by atoms with van der Waals surface area (Å²) in [4.78, 5) is 8.85. The van der Waals surface area contributed by atoms with E-state index in [-0.39, 0.29) is 0 Å². The highest BCUT2D eigenvalue weighted by molar-refractivity contribution is 5.65. The third-order valence-corrected chi connectivity index (χ3v) is 3.13. The van der Waals surface area contributed by atoms with Crippen LogP contribution < -0.4 is 10.6 Å². The minimum absolute atomic E-state index is 0.318. The Labute approximate surface area is 105 Å². The molecule has 6 heteroatoms. The molecule has 0 aromatic carbocycles. The summed E-state index contributed by atoms with van der Waals surface area (Å²) in [5.41, 5.74) is 0.847. The van der Waals surface area contributed by atoms with Gasteiger partial charge in [-0.1, -0.05) is 0 Å². The topological polar surface area (TPSA) is 63.5 Å². The van der Waals surface area contributed by atoms with E-state index in [2.05, 4.69) is 20.6 Å². The molecule has 0 saturated carbocycles. The number of aromatic nitrogens is 3. The monoisotopic (exact) mass is 247 g/mol. The van der Waals surface area contributed by atoms with Gasteiger partial charge in [0.15, 0.2) is 11.5 Å². The van der Waals surface area contributed by atoms with Gasteiger partial charge >= 0.3 is 0 Å². The molecular weight excluding hydrogens is 230 g/mol. The van der Waals surface area contributed by atoms with E-state index in [0.29, 0.717) is 6.04 Å². The van der Waals surface area contributed by atoms with Gasteiger partial charge in [0.25, 0.3) is 0 Å². The third-order valence-electron chi connectivity index (χ3n) is 3.13. The fourth-order valence-corrected chi connectivity index (χ4v) is 2.20. The Hall–Kier alpha value is -1.82. The summed E-state index contributed by atoms with van der Waals surface area (Å²) in [6, 6.07) is 0.318. The van der Waals surface area contributed by atoms with Crippen LogP contribution >= 0.6 is 0 Å². The van der Waals surface area contributed by atoms with Crippen molar-refractivity contribution in [2.45, 2.75) is 18.9 Å². The largest absolute Gasteiger partial charge is 0.379 e. The van der Waals surface area contributed by atoms with Crippen LogP contribution in [0.2, 0.25) is 0 Å². The van der Waals surface area contributed by atoms with Crippen molar-refractivity contribution in [3.05, 3.63) is 18.6 Å². The van der Waals surface area contributed by atoms with Crippen molar-refractivity contribution in [1.82, 2.24) is 14.4 Å². The molecule has 0 bridgehead atoms. The zero-order valence-corrected chi connectivity index (χ0v) is 10.4. The predicted molar refractivity (Wildman–Crippen MR) is 70.0 cm³/mol. The maximum atomic E-state index is 5.47. The zero-order valence-electron chi connectivity index (χ0n) is 10.4. The first-order valence-corrected chi connectivity index (χ1v) is 6.22. The molecule has 1 aliphatic rings. The maximum Gasteiger partial charge on any atom is 0.180 e. The number of rotatable bonds is 3. The van der Waals surface area contributed by atoms with Crippen molar-refractivity contribution in [2.75, 3.05) is 30.9 Å². The van der Waals surface area contributed by atoms with Crippen LogP contribution in [0.15, 0.2) is 18.6 Å². The van der Waals surface area contributed by atoms with Crippen molar-refractivity contribution in [3.63, 3.8) is 0 Å². The molecule has 3 heterocycles. The van der Waals surface area contributed by atoms with Gasteiger partial charge in [-0.3, -0.25) is 0 Å². The van der Waals surface area contributed by atoms with Crippen molar-refractivity contribution in [3.8, 4) is 0 Å². The van der Waals surface area contributed by atoms with E-state index in [4.69, 9.17) is 4.74 Å². The van der Waals surface area contributed by atoms with Crippen LogP contribution in [0.4, 0.5) is 11.6 Å². The SMILES string of the molecule is CNc1cn2ccnc2c(NC2CCCOC2)n1.